The molecule has 0 aliphatic carbocycles. The van der Waals surface area contributed by atoms with Gasteiger partial charge in [0.05, 0.1) is 6.10 Å². The van der Waals surface area contributed by atoms with Crippen molar-refractivity contribution < 1.29 is 14.3 Å². The Kier molecular flexibility index (Phi) is 7.54. The van der Waals surface area contributed by atoms with Gasteiger partial charge < -0.3 is 14.4 Å². The molecule has 3 heterocycles. The molecule has 4 rings (SSSR count). The van der Waals surface area contributed by atoms with Gasteiger partial charge in [0.1, 0.15) is 12.4 Å². The summed E-state index contributed by atoms with van der Waals surface area (Å²) >= 11 is 0. The number of methoxy groups -OCH3 is 1. The van der Waals surface area contributed by atoms with Crippen molar-refractivity contribution in [3.8, 4) is 5.75 Å². The van der Waals surface area contributed by atoms with Crippen LogP contribution < -0.4 is 4.74 Å². The van der Waals surface area contributed by atoms with Crippen molar-refractivity contribution >= 4 is 5.91 Å². The van der Waals surface area contributed by atoms with Gasteiger partial charge in [-0.25, -0.2) is 0 Å². The lowest BCUT2D eigenvalue weighted by atomic mass is 9.89. The van der Waals surface area contributed by atoms with Crippen LogP contribution in [-0.4, -0.2) is 66.7 Å². The Morgan fingerprint density at radius 3 is 2.90 bits per heavy atom. The molecule has 2 aromatic rings. The fourth-order valence-electron chi connectivity index (χ4n) is 4.74. The fraction of sp³-hybridized carbons (Fsp3) is 0.520. The van der Waals surface area contributed by atoms with Crippen molar-refractivity contribution in [1.29, 1.82) is 0 Å². The number of hydrogen-bond acceptors (Lipinski definition) is 5. The van der Waals surface area contributed by atoms with Crippen LogP contribution >= 0.6 is 0 Å². The Labute approximate surface area is 185 Å². The van der Waals surface area contributed by atoms with E-state index in [9.17, 15) is 4.79 Å². The SMILES string of the molecule is CO[C@@H]1CCN2C[C@@H]1CCCCN(Cc1cccnc1)CCOc1cccc(c1)C2=O. The Balaban J connectivity index is 1.50. The number of benzene rings is 1. The molecule has 6 heteroatoms. The van der Waals surface area contributed by atoms with E-state index in [-0.39, 0.29) is 12.0 Å². The highest BCUT2D eigenvalue weighted by Crippen LogP contribution is 2.27. The first-order valence-corrected chi connectivity index (χ1v) is 11.4. The van der Waals surface area contributed by atoms with E-state index in [0.29, 0.717) is 18.1 Å². The summed E-state index contributed by atoms with van der Waals surface area (Å²) in [6.07, 6.45) is 8.22. The van der Waals surface area contributed by atoms with Gasteiger partial charge in [-0.15, -0.1) is 0 Å². The van der Waals surface area contributed by atoms with Crippen molar-refractivity contribution in [2.45, 2.75) is 38.3 Å². The number of piperidine rings is 1. The van der Waals surface area contributed by atoms with Crippen LogP contribution in [0.15, 0.2) is 48.8 Å². The largest absolute Gasteiger partial charge is 0.492 e. The molecule has 0 unspecified atom stereocenters. The minimum absolute atomic E-state index is 0.0954. The number of aromatic nitrogens is 1. The molecule has 1 fully saturated rings. The number of pyridine rings is 1. The van der Waals surface area contributed by atoms with Gasteiger partial charge in [0.15, 0.2) is 0 Å². The highest BCUT2D eigenvalue weighted by Gasteiger charge is 2.31. The van der Waals surface area contributed by atoms with E-state index < -0.39 is 0 Å². The average molecular weight is 424 g/mol. The lowest BCUT2D eigenvalue weighted by Crippen LogP contribution is -2.46. The third-order valence-electron chi connectivity index (χ3n) is 6.44. The molecule has 1 aromatic carbocycles. The monoisotopic (exact) mass is 423 g/mol. The third-order valence-corrected chi connectivity index (χ3v) is 6.44. The van der Waals surface area contributed by atoms with Crippen LogP contribution in [0.5, 0.6) is 5.75 Å². The minimum atomic E-state index is 0.0954. The molecule has 2 aliphatic heterocycles. The van der Waals surface area contributed by atoms with Crippen LogP contribution in [0.25, 0.3) is 0 Å². The molecular weight excluding hydrogens is 390 g/mol. The van der Waals surface area contributed by atoms with Gasteiger partial charge >= 0.3 is 0 Å². The molecule has 0 saturated carbocycles. The predicted octanol–water partition coefficient (Wildman–Crippen LogP) is 3.62. The fourth-order valence-corrected chi connectivity index (χ4v) is 4.74. The Bertz CT molecular complexity index is 845. The summed E-state index contributed by atoms with van der Waals surface area (Å²) in [6, 6.07) is 11.7. The maximum absolute atomic E-state index is 13.1. The molecule has 0 N–H and O–H groups in total. The summed E-state index contributed by atoms with van der Waals surface area (Å²) in [5.41, 5.74) is 1.92. The van der Waals surface area contributed by atoms with Crippen LogP contribution in [0.1, 0.15) is 41.6 Å². The van der Waals surface area contributed by atoms with Crippen molar-refractivity contribution in [1.82, 2.24) is 14.8 Å². The van der Waals surface area contributed by atoms with Gasteiger partial charge in [0.25, 0.3) is 5.91 Å². The van der Waals surface area contributed by atoms with E-state index in [2.05, 4.69) is 16.0 Å². The quantitative estimate of drug-likeness (QED) is 0.755. The molecule has 1 aromatic heterocycles. The molecule has 1 amide bonds. The number of carbonyl (C=O) groups is 1. The first-order chi connectivity index (χ1) is 15.2. The molecule has 1 saturated heterocycles. The summed E-state index contributed by atoms with van der Waals surface area (Å²) in [7, 11) is 1.80. The van der Waals surface area contributed by atoms with E-state index >= 15 is 0 Å². The molecule has 6 nitrogen and oxygen atoms in total. The number of ether oxygens (including phenoxy) is 2. The molecular formula is C25H33N3O3. The Morgan fingerprint density at radius 1 is 1.13 bits per heavy atom. The van der Waals surface area contributed by atoms with Crippen LogP contribution in [0, 0.1) is 5.92 Å². The molecule has 0 spiro atoms. The van der Waals surface area contributed by atoms with Crippen molar-refractivity contribution in [3.05, 3.63) is 59.9 Å². The topological polar surface area (TPSA) is 54.9 Å². The van der Waals surface area contributed by atoms with E-state index in [4.69, 9.17) is 9.47 Å². The standard InChI is InChI=1S/C25H33N3O3/c1-30-24-10-13-28-19-22(24)7-2-3-12-27(18-20-6-5-11-26-17-20)14-15-31-23-9-4-8-21(16-23)25(28)29/h4-6,8-9,11,16-17,22,24H,2-3,7,10,12-15,18-19H2,1H3/t22-,24+/m0/s1. The van der Waals surface area contributed by atoms with Gasteiger partial charge in [-0.1, -0.05) is 18.6 Å². The highest BCUT2D eigenvalue weighted by molar-refractivity contribution is 5.94. The minimum Gasteiger partial charge on any atom is -0.492 e. The maximum Gasteiger partial charge on any atom is 0.254 e. The van der Waals surface area contributed by atoms with Crippen molar-refractivity contribution in [2.24, 2.45) is 5.92 Å². The molecule has 4 bridgehead atoms. The smallest absolute Gasteiger partial charge is 0.254 e. The van der Waals surface area contributed by atoms with Gasteiger partial charge in [-0.3, -0.25) is 14.7 Å². The first kappa shape index (κ1) is 21.8. The molecule has 166 valence electrons. The van der Waals surface area contributed by atoms with Crippen LogP contribution in [-0.2, 0) is 11.3 Å². The van der Waals surface area contributed by atoms with Gasteiger partial charge in [0, 0.05) is 57.2 Å². The lowest BCUT2D eigenvalue weighted by Gasteiger charge is -2.38. The normalized spacial score (nSPS) is 23.5. The number of fused-ring (bicyclic) bond motifs is 4. The molecule has 2 aliphatic rings. The van der Waals surface area contributed by atoms with E-state index in [1.54, 1.807) is 7.11 Å². The molecule has 31 heavy (non-hydrogen) atoms. The second-order valence-corrected chi connectivity index (χ2v) is 8.58. The number of rotatable bonds is 3. The zero-order valence-electron chi connectivity index (χ0n) is 18.4. The second-order valence-electron chi connectivity index (χ2n) is 8.58. The second kappa shape index (κ2) is 10.7. The van der Waals surface area contributed by atoms with E-state index in [1.807, 2.05) is 47.6 Å². The van der Waals surface area contributed by atoms with Crippen LogP contribution in [0.4, 0.5) is 0 Å². The summed E-state index contributed by atoms with van der Waals surface area (Å²) in [6.45, 7) is 4.83. The van der Waals surface area contributed by atoms with Gasteiger partial charge in [0.2, 0.25) is 0 Å². The average Bonchev–Trinajstić information content (AvgIpc) is 2.81. The summed E-state index contributed by atoms with van der Waals surface area (Å²) in [5.74, 6) is 1.24. The number of hydrogen-bond donors (Lipinski definition) is 0. The number of nitrogens with zero attached hydrogens (tertiary/aromatic N) is 3. The van der Waals surface area contributed by atoms with Crippen LogP contribution in [0.3, 0.4) is 0 Å². The van der Waals surface area contributed by atoms with Gasteiger partial charge in [-0.05, 0) is 55.6 Å². The lowest BCUT2D eigenvalue weighted by molar-refractivity contribution is -0.00676. The molecule has 2 atom stereocenters. The zero-order chi connectivity index (χ0) is 21.5. The zero-order valence-corrected chi connectivity index (χ0v) is 18.4. The van der Waals surface area contributed by atoms with E-state index in [0.717, 1.165) is 64.2 Å². The molecule has 0 radical (unpaired) electrons. The third kappa shape index (κ3) is 5.83. The van der Waals surface area contributed by atoms with Crippen molar-refractivity contribution in [2.75, 3.05) is 39.9 Å². The Morgan fingerprint density at radius 2 is 2.06 bits per heavy atom. The van der Waals surface area contributed by atoms with Crippen LogP contribution in [0.2, 0.25) is 0 Å². The predicted molar refractivity (Wildman–Crippen MR) is 120 cm³/mol. The number of amides is 1. The number of carbonyl (C=O) groups excluding carboxylic acids is 1. The summed E-state index contributed by atoms with van der Waals surface area (Å²) in [5, 5.41) is 0. The Hall–Kier alpha value is -2.44. The summed E-state index contributed by atoms with van der Waals surface area (Å²) in [4.78, 5) is 21.8. The summed E-state index contributed by atoms with van der Waals surface area (Å²) < 4.78 is 11.8. The van der Waals surface area contributed by atoms with E-state index in [1.165, 1.54) is 5.56 Å². The highest BCUT2D eigenvalue weighted by atomic mass is 16.5. The van der Waals surface area contributed by atoms with Gasteiger partial charge in [-0.2, -0.15) is 0 Å². The maximum atomic E-state index is 13.1. The first-order valence-electron chi connectivity index (χ1n) is 11.4. The van der Waals surface area contributed by atoms with Crippen molar-refractivity contribution in [3.63, 3.8) is 0 Å².